The number of aliphatic imine (C=N–C) groups is 1. The van der Waals surface area contributed by atoms with Gasteiger partial charge in [-0.25, -0.2) is 0 Å². The number of hydrogen-bond donors (Lipinski definition) is 2. The van der Waals surface area contributed by atoms with Gasteiger partial charge in [0, 0.05) is 39.3 Å². The van der Waals surface area contributed by atoms with Gasteiger partial charge in [-0.3, -0.25) is 9.89 Å². The van der Waals surface area contributed by atoms with Crippen LogP contribution in [0.3, 0.4) is 0 Å². The Bertz CT molecular complexity index is 359. The molecule has 0 amide bonds. The standard InChI is InChI=1S/C19H38N4O2.HI/c20-19(22-11-7-12-23-13-16-24-17-14-23)21-10-5-2-6-15-25-18-8-3-1-4-9-18;/h18H,1-17H2,(H3,20,21,22);1H. The predicted molar refractivity (Wildman–Crippen MR) is 118 cm³/mol. The zero-order chi connectivity index (χ0) is 17.6. The molecule has 0 unspecified atom stereocenters. The highest BCUT2D eigenvalue weighted by molar-refractivity contribution is 14.0. The highest BCUT2D eigenvalue weighted by atomic mass is 127. The summed E-state index contributed by atoms with van der Waals surface area (Å²) in [4.78, 5) is 6.83. The Kier molecular flexibility index (Phi) is 14.6. The molecule has 0 aromatic rings. The van der Waals surface area contributed by atoms with Crippen molar-refractivity contribution in [1.29, 1.82) is 0 Å². The predicted octanol–water partition coefficient (Wildman–Crippen LogP) is 2.75. The molecule has 1 saturated heterocycles. The number of halogens is 1. The molecule has 0 aromatic carbocycles. The molecule has 2 fully saturated rings. The Morgan fingerprint density at radius 3 is 2.62 bits per heavy atom. The summed E-state index contributed by atoms with van der Waals surface area (Å²) in [6, 6.07) is 0. The number of guanidine groups is 1. The summed E-state index contributed by atoms with van der Waals surface area (Å²) in [7, 11) is 0. The molecular weight excluding hydrogens is 443 g/mol. The van der Waals surface area contributed by atoms with E-state index in [1.807, 2.05) is 0 Å². The number of nitrogens with zero attached hydrogens (tertiary/aromatic N) is 2. The lowest BCUT2D eigenvalue weighted by Crippen LogP contribution is -2.37. The topological polar surface area (TPSA) is 72.1 Å². The molecule has 26 heavy (non-hydrogen) atoms. The van der Waals surface area contributed by atoms with Crippen molar-refractivity contribution in [2.45, 2.75) is 63.9 Å². The van der Waals surface area contributed by atoms with Crippen molar-refractivity contribution >= 4 is 29.9 Å². The number of ether oxygens (including phenoxy) is 2. The first-order chi connectivity index (χ1) is 12.3. The molecule has 2 aliphatic rings. The minimum absolute atomic E-state index is 0. The van der Waals surface area contributed by atoms with Crippen LogP contribution in [0.4, 0.5) is 0 Å². The van der Waals surface area contributed by atoms with Crippen LogP contribution in [-0.4, -0.2) is 69.5 Å². The summed E-state index contributed by atoms with van der Waals surface area (Å²) in [6.45, 7) is 7.51. The molecule has 1 aliphatic heterocycles. The van der Waals surface area contributed by atoms with Gasteiger partial charge in [0.2, 0.25) is 0 Å². The van der Waals surface area contributed by atoms with E-state index in [1.54, 1.807) is 0 Å². The van der Waals surface area contributed by atoms with E-state index in [4.69, 9.17) is 15.2 Å². The fraction of sp³-hybridized carbons (Fsp3) is 0.947. The number of rotatable bonds is 11. The van der Waals surface area contributed by atoms with Crippen molar-refractivity contribution in [1.82, 2.24) is 10.2 Å². The summed E-state index contributed by atoms with van der Waals surface area (Å²) >= 11 is 0. The highest BCUT2D eigenvalue weighted by Crippen LogP contribution is 2.20. The summed E-state index contributed by atoms with van der Waals surface area (Å²) < 4.78 is 11.3. The van der Waals surface area contributed by atoms with E-state index >= 15 is 0 Å². The molecule has 6 nitrogen and oxygen atoms in total. The molecule has 0 atom stereocenters. The van der Waals surface area contributed by atoms with Crippen LogP contribution >= 0.6 is 24.0 Å². The molecule has 7 heteroatoms. The Morgan fingerprint density at radius 2 is 1.85 bits per heavy atom. The zero-order valence-corrected chi connectivity index (χ0v) is 18.6. The fourth-order valence-electron chi connectivity index (χ4n) is 3.48. The number of morpholine rings is 1. The first kappa shape index (κ1) is 23.9. The van der Waals surface area contributed by atoms with Crippen LogP contribution < -0.4 is 11.1 Å². The quantitative estimate of drug-likeness (QED) is 0.205. The summed E-state index contributed by atoms with van der Waals surface area (Å²) in [6.07, 6.45) is 11.7. The third kappa shape index (κ3) is 11.6. The van der Waals surface area contributed by atoms with E-state index in [-0.39, 0.29) is 24.0 Å². The summed E-state index contributed by atoms with van der Waals surface area (Å²) in [5.74, 6) is 0.584. The second kappa shape index (κ2) is 15.9. The van der Waals surface area contributed by atoms with Crippen LogP contribution in [0.25, 0.3) is 0 Å². The molecule has 154 valence electrons. The molecule has 3 N–H and O–H groups in total. The summed E-state index contributed by atoms with van der Waals surface area (Å²) in [5, 5.41) is 3.21. The van der Waals surface area contributed by atoms with Crippen molar-refractivity contribution in [3.8, 4) is 0 Å². The first-order valence-electron chi connectivity index (χ1n) is 10.3. The van der Waals surface area contributed by atoms with Crippen molar-refractivity contribution in [3.05, 3.63) is 0 Å². The first-order valence-corrected chi connectivity index (χ1v) is 10.3. The number of nitrogens with two attached hydrogens (primary N) is 1. The lowest BCUT2D eigenvalue weighted by molar-refractivity contribution is 0.0264. The maximum absolute atomic E-state index is 5.95. The Labute approximate surface area is 176 Å². The van der Waals surface area contributed by atoms with Crippen molar-refractivity contribution in [3.63, 3.8) is 0 Å². The third-order valence-corrected chi connectivity index (χ3v) is 5.05. The minimum atomic E-state index is 0. The normalized spacial score (nSPS) is 19.9. The smallest absolute Gasteiger partial charge is 0.188 e. The molecule has 0 radical (unpaired) electrons. The molecule has 0 spiro atoms. The fourth-order valence-corrected chi connectivity index (χ4v) is 3.48. The van der Waals surface area contributed by atoms with Gasteiger partial charge >= 0.3 is 0 Å². The van der Waals surface area contributed by atoms with Crippen LogP contribution in [-0.2, 0) is 9.47 Å². The second-order valence-corrected chi connectivity index (χ2v) is 7.19. The lowest BCUT2D eigenvalue weighted by atomic mass is 9.98. The number of unbranched alkanes of at least 4 members (excludes halogenated alkanes) is 2. The van der Waals surface area contributed by atoms with E-state index in [9.17, 15) is 0 Å². The van der Waals surface area contributed by atoms with Gasteiger partial charge in [-0.15, -0.1) is 24.0 Å². The zero-order valence-electron chi connectivity index (χ0n) is 16.3. The number of nitrogens with one attached hydrogen (secondary N) is 1. The van der Waals surface area contributed by atoms with Gasteiger partial charge in [0.05, 0.1) is 19.3 Å². The Balaban J connectivity index is 0.00000338. The molecule has 1 aliphatic carbocycles. The Morgan fingerprint density at radius 1 is 1.08 bits per heavy atom. The van der Waals surface area contributed by atoms with E-state index in [0.29, 0.717) is 12.1 Å². The molecule has 1 heterocycles. The van der Waals surface area contributed by atoms with E-state index in [2.05, 4.69) is 15.2 Å². The van der Waals surface area contributed by atoms with Crippen molar-refractivity contribution in [2.75, 3.05) is 52.5 Å². The largest absolute Gasteiger partial charge is 0.379 e. The van der Waals surface area contributed by atoms with E-state index in [0.717, 1.165) is 71.8 Å². The van der Waals surface area contributed by atoms with Crippen molar-refractivity contribution in [2.24, 2.45) is 10.7 Å². The van der Waals surface area contributed by atoms with Gasteiger partial charge in [0.25, 0.3) is 0 Å². The maximum atomic E-state index is 5.95. The van der Waals surface area contributed by atoms with Crippen LogP contribution in [0.1, 0.15) is 57.8 Å². The van der Waals surface area contributed by atoms with Crippen LogP contribution in [0.2, 0.25) is 0 Å². The van der Waals surface area contributed by atoms with Gasteiger partial charge in [0.1, 0.15) is 0 Å². The number of hydrogen-bond acceptors (Lipinski definition) is 4. The average molecular weight is 482 g/mol. The lowest BCUT2D eigenvalue weighted by Gasteiger charge is -2.26. The molecule has 2 rings (SSSR count). The average Bonchev–Trinajstić information content (AvgIpc) is 2.66. The van der Waals surface area contributed by atoms with Gasteiger partial charge in [0.15, 0.2) is 5.96 Å². The molecule has 0 aromatic heterocycles. The molecule has 1 saturated carbocycles. The second-order valence-electron chi connectivity index (χ2n) is 7.19. The molecular formula is C19H39IN4O2. The Hall–Kier alpha value is -0.120. The van der Waals surface area contributed by atoms with Crippen molar-refractivity contribution < 1.29 is 9.47 Å². The maximum Gasteiger partial charge on any atom is 0.188 e. The van der Waals surface area contributed by atoms with Gasteiger partial charge in [-0.1, -0.05) is 19.3 Å². The highest BCUT2D eigenvalue weighted by Gasteiger charge is 2.12. The SMILES string of the molecule is I.NC(=NCCCN1CCOCC1)NCCCCCOC1CCCCC1. The summed E-state index contributed by atoms with van der Waals surface area (Å²) in [5.41, 5.74) is 5.91. The molecule has 0 bridgehead atoms. The third-order valence-electron chi connectivity index (χ3n) is 5.05. The van der Waals surface area contributed by atoms with Crippen LogP contribution in [0.15, 0.2) is 4.99 Å². The van der Waals surface area contributed by atoms with Gasteiger partial charge in [-0.2, -0.15) is 0 Å². The van der Waals surface area contributed by atoms with Crippen LogP contribution in [0.5, 0.6) is 0 Å². The van der Waals surface area contributed by atoms with E-state index in [1.165, 1.54) is 38.5 Å². The monoisotopic (exact) mass is 482 g/mol. The van der Waals surface area contributed by atoms with Gasteiger partial charge in [-0.05, 0) is 38.5 Å². The van der Waals surface area contributed by atoms with Crippen LogP contribution in [0, 0.1) is 0 Å². The minimum Gasteiger partial charge on any atom is -0.379 e. The van der Waals surface area contributed by atoms with E-state index < -0.39 is 0 Å². The van der Waals surface area contributed by atoms with Gasteiger partial charge < -0.3 is 20.5 Å².